The molecule has 2 unspecified atom stereocenters. The van der Waals surface area contributed by atoms with E-state index in [1.165, 1.54) is 29.3 Å². The number of carbonyl (C=O) groups is 3. The van der Waals surface area contributed by atoms with Gasteiger partial charge in [0.1, 0.15) is 11.7 Å². The lowest BCUT2D eigenvalue weighted by molar-refractivity contribution is -0.139. The number of carboxylic acids is 1. The van der Waals surface area contributed by atoms with Crippen LogP contribution in [-0.2, 0) is 11.0 Å². The van der Waals surface area contributed by atoms with E-state index in [2.05, 4.69) is 5.32 Å². The van der Waals surface area contributed by atoms with Crippen molar-refractivity contribution in [2.24, 2.45) is 17.4 Å². The number of nitrogens with zero attached hydrogens (tertiary/aromatic N) is 3. The Morgan fingerprint density at radius 1 is 1.28 bits per heavy atom. The van der Waals surface area contributed by atoms with Gasteiger partial charge in [0.15, 0.2) is 0 Å². The van der Waals surface area contributed by atoms with Crippen LogP contribution in [0.4, 0.5) is 18.9 Å². The molecule has 1 aliphatic heterocycles. The molecule has 0 bridgehead atoms. The van der Waals surface area contributed by atoms with Gasteiger partial charge in [-0.3, -0.25) is 14.4 Å². The summed E-state index contributed by atoms with van der Waals surface area (Å²) in [4.78, 5) is 39.2. The zero-order valence-corrected chi connectivity index (χ0v) is 19.2. The first-order chi connectivity index (χ1) is 16.9. The molecule has 1 aliphatic rings. The monoisotopic (exact) mass is 506 g/mol. The lowest BCUT2D eigenvalue weighted by Crippen LogP contribution is -2.53. The summed E-state index contributed by atoms with van der Waals surface area (Å²) in [5.41, 5.74) is 10.5. The maximum Gasteiger partial charge on any atom is 0.416 e. The van der Waals surface area contributed by atoms with E-state index in [0.29, 0.717) is 0 Å². The second-order valence-corrected chi connectivity index (χ2v) is 8.54. The molecule has 13 heteroatoms. The molecule has 0 fully saturated rings. The molecule has 2 heterocycles. The standard InChI is InChI=1S/C23H25F3N6O4/c1-12-11-32(15-4-2-14(3-5-15)23(24,25)26)21(34)19-16(6-7-31(12)19)20(33)30-17(18(29)22(35)36)8-13(9-27)10-28/h2-7,12-13,17-18H,8-9,11,27,29H2,1H3,(H,30,33)(H,35,36)/t12-,13?,17?,18-/m0/s1. The number of carbonyl (C=O) groups excluding carboxylic acids is 2. The summed E-state index contributed by atoms with van der Waals surface area (Å²) in [6.45, 7) is 1.85. The Bertz CT molecular complexity index is 1190. The number of nitrogens with one attached hydrogen (secondary N) is 1. The van der Waals surface area contributed by atoms with Crippen molar-refractivity contribution in [2.75, 3.05) is 18.0 Å². The van der Waals surface area contributed by atoms with Gasteiger partial charge >= 0.3 is 12.1 Å². The number of hydrogen-bond donors (Lipinski definition) is 4. The van der Waals surface area contributed by atoms with Crippen molar-refractivity contribution in [3.8, 4) is 6.07 Å². The molecule has 1 aromatic carbocycles. The van der Waals surface area contributed by atoms with Crippen molar-refractivity contribution in [2.45, 2.75) is 37.6 Å². The fourth-order valence-electron chi connectivity index (χ4n) is 4.06. The number of rotatable bonds is 8. The third-order valence-electron chi connectivity index (χ3n) is 6.08. The van der Waals surface area contributed by atoms with E-state index >= 15 is 0 Å². The van der Waals surface area contributed by atoms with E-state index in [4.69, 9.17) is 11.5 Å². The topological polar surface area (TPSA) is 167 Å². The number of alkyl halides is 3. The number of halogens is 3. The van der Waals surface area contributed by atoms with Crippen molar-refractivity contribution >= 4 is 23.5 Å². The van der Waals surface area contributed by atoms with Crippen LogP contribution in [-0.4, -0.2) is 52.6 Å². The van der Waals surface area contributed by atoms with Gasteiger partial charge in [-0.2, -0.15) is 18.4 Å². The van der Waals surface area contributed by atoms with Crippen molar-refractivity contribution in [1.29, 1.82) is 5.26 Å². The average molecular weight is 506 g/mol. The number of hydrogen-bond acceptors (Lipinski definition) is 6. The zero-order valence-electron chi connectivity index (χ0n) is 19.2. The van der Waals surface area contributed by atoms with Gasteiger partial charge in [-0.25, -0.2) is 0 Å². The zero-order chi connectivity index (χ0) is 26.8. The highest BCUT2D eigenvalue weighted by Crippen LogP contribution is 2.33. The fourth-order valence-corrected chi connectivity index (χ4v) is 4.06. The number of nitrogens with two attached hydrogens (primary N) is 2. The molecule has 3 rings (SSSR count). The van der Waals surface area contributed by atoms with Crippen molar-refractivity contribution in [3.63, 3.8) is 0 Å². The summed E-state index contributed by atoms with van der Waals surface area (Å²) in [6, 6.07) is 4.42. The molecule has 4 atom stereocenters. The molecule has 0 spiro atoms. The molecule has 0 aliphatic carbocycles. The maximum atomic E-state index is 13.4. The Kier molecular flexibility index (Phi) is 7.71. The first-order valence-electron chi connectivity index (χ1n) is 11.0. The van der Waals surface area contributed by atoms with Crippen LogP contribution in [0.5, 0.6) is 0 Å². The first-order valence-corrected chi connectivity index (χ1v) is 11.0. The lowest BCUT2D eigenvalue weighted by Gasteiger charge is -2.33. The third kappa shape index (κ3) is 5.34. The van der Waals surface area contributed by atoms with Gasteiger partial charge in [-0.15, -0.1) is 0 Å². The van der Waals surface area contributed by atoms with Gasteiger partial charge in [-0.1, -0.05) is 0 Å². The fraction of sp³-hybridized carbons (Fsp3) is 0.391. The second-order valence-electron chi connectivity index (χ2n) is 8.54. The number of nitriles is 1. The Balaban J connectivity index is 1.91. The Morgan fingerprint density at radius 3 is 2.44 bits per heavy atom. The van der Waals surface area contributed by atoms with Crippen molar-refractivity contribution in [1.82, 2.24) is 9.88 Å². The highest BCUT2D eigenvalue weighted by molar-refractivity contribution is 6.13. The molecule has 2 aromatic rings. The van der Waals surface area contributed by atoms with E-state index < -0.39 is 47.5 Å². The van der Waals surface area contributed by atoms with Gasteiger partial charge in [0.25, 0.3) is 11.8 Å². The predicted molar refractivity (Wildman–Crippen MR) is 122 cm³/mol. The lowest BCUT2D eigenvalue weighted by atomic mass is 9.95. The smallest absolute Gasteiger partial charge is 0.416 e. The number of aliphatic carboxylic acids is 1. The highest BCUT2D eigenvalue weighted by Gasteiger charge is 2.36. The normalized spacial score (nSPS) is 18.1. The van der Waals surface area contributed by atoms with Gasteiger partial charge in [0, 0.05) is 31.0 Å². The SMILES string of the molecule is C[C@H]1CN(c2ccc(C(F)(F)F)cc2)C(=O)c2c(C(=O)NC(CC(C#N)CN)[C@H](N)C(=O)O)ccn21. The predicted octanol–water partition coefficient (Wildman–Crippen LogP) is 1.73. The number of fused-ring (bicyclic) bond motifs is 1. The molecule has 0 saturated carbocycles. The summed E-state index contributed by atoms with van der Waals surface area (Å²) in [5, 5.41) is 21.0. The number of amides is 2. The van der Waals surface area contributed by atoms with Crippen LogP contribution in [0.3, 0.4) is 0 Å². The van der Waals surface area contributed by atoms with Gasteiger partial charge in [-0.05, 0) is 43.7 Å². The second kappa shape index (κ2) is 10.4. The number of benzene rings is 1. The molecule has 0 saturated heterocycles. The van der Waals surface area contributed by atoms with E-state index in [9.17, 15) is 37.9 Å². The molecule has 192 valence electrons. The van der Waals surface area contributed by atoms with Crippen LogP contribution in [0.25, 0.3) is 0 Å². The van der Waals surface area contributed by atoms with Crippen LogP contribution in [0, 0.1) is 17.2 Å². The van der Waals surface area contributed by atoms with Gasteiger partial charge in [0.2, 0.25) is 0 Å². The minimum Gasteiger partial charge on any atom is -0.480 e. The summed E-state index contributed by atoms with van der Waals surface area (Å²) in [5.74, 6) is -3.56. The van der Waals surface area contributed by atoms with Gasteiger partial charge < -0.3 is 31.4 Å². The van der Waals surface area contributed by atoms with Gasteiger partial charge in [0.05, 0.1) is 29.2 Å². The largest absolute Gasteiger partial charge is 0.480 e. The quantitative estimate of drug-likeness (QED) is 0.423. The molecule has 36 heavy (non-hydrogen) atoms. The van der Waals surface area contributed by atoms with E-state index in [0.717, 1.165) is 12.1 Å². The summed E-state index contributed by atoms with van der Waals surface area (Å²) >= 11 is 0. The third-order valence-corrected chi connectivity index (χ3v) is 6.08. The summed E-state index contributed by atoms with van der Waals surface area (Å²) < 4.78 is 40.4. The Hall–Kier alpha value is -3.89. The molecule has 2 amide bonds. The van der Waals surface area contributed by atoms with Crippen LogP contribution in [0.1, 0.15) is 45.8 Å². The summed E-state index contributed by atoms with van der Waals surface area (Å²) in [7, 11) is 0. The number of aromatic nitrogens is 1. The van der Waals surface area contributed by atoms with E-state index in [1.54, 1.807) is 11.5 Å². The molecule has 10 nitrogen and oxygen atoms in total. The average Bonchev–Trinajstić information content (AvgIpc) is 3.29. The molecule has 0 radical (unpaired) electrons. The maximum absolute atomic E-state index is 13.4. The summed E-state index contributed by atoms with van der Waals surface area (Å²) in [6.07, 6.45) is -3.12. The van der Waals surface area contributed by atoms with Crippen LogP contribution < -0.4 is 21.7 Å². The molecular formula is C23H25F3N6O4. The molecule has 1 aromatic heterocycles. The van der Waals surface area contributed by atoms with Crippen molar-refractivity contribution in [3.05, 3.63) is 53.3 Å². The van der Waals surface area contributed by atoms with E-state index in [-0.39, 0.29) is 42.5 Å². The van der Waals surface area contributed by atoms with Crippen LogP contribution >= 0.6 is 0 Å². The molecular weight excluding hydrogens is 481 g/mol. The Morgan fingerprint density at radius 2 is 1.92 bits per heavy atom. The van der Waals surface area contributed by atoms with Crippen molar-refractivity contribution < 1.29 is 32.7 Å². The molecule has 6 N–H and O–H groups in total. The van der Waals surface area contributed by atoms with E-state index in [1.807, 2.05) is 6.07 Å². The number of carboxylic acid groups (broad SMARTS) is 1. The highest BCUT2D eigenvalue weighted by atomic mass is 19.4. The number of anilines is 1. The Labute approximate surface area is 204 Å². The minimum atomic E-state index is -4.53. The minimum absolute atomic E-state index is 0.00977. The first kappa shape index (κ1) is 26.7. The van der Waals surface area contributed by atoms with Crippen LogP contribution in [0.15, 0.2) is 36.5 Å². The van der Waals surface area contributed by atoms with Crippen LogP contribution in [0.2, 0.25) is 0 Å².